The quantitative estimate of drug-likeness (QED) is 0.200. The average Bonchev–Trinajstić information content (AvgIpc) is 3.87. The Kier molecular flexibility index (Phi) is 11.7. The molecular formula is C37H44FN3O11S. The number of sulfonamides is 1. The van der Waals surface area contributed by atoms with E-state index in [1.54, 1.807) is 0 Å². The normalized spacial score (nSPS) is 20.5. The van der Waals surface area contributed by atoms with Gasteiger partial charge >= 0.3 is 12.2 Å². The van der Waals surface area contributed by atoms with Crippen LogP contribution in [-0.4, -0.2) is 104 Å². The van der Waals surface area contributed by atoms with Crippen molar-refractivity contribution >= 4 is 22.2 Å². The summed E-state index contributed by atoms with van der Waals surface area (Å²) in [6, 6.07) is 16.6. The van der Waals surface area contributed by atoms with Gasteiger partial charge in [-0.25, -0.2) is 22.4 Å². The Balaban J connectivity index is 1.25. The van der Waals surface area contributed by atoms with Gasteiger partial charge in [-0.15, -0.1) is 0 Å². The highest BCUT2D eigenvalue weighted by Crippen LogP contribution is 2.38. The number of hydrogen-bond acceptors (Lipinski definition) is 10. The Bertz CT molecular complexity index is 1850. The van der Waals surface area contributed by atoms with Crippen LogP contribution < -0.4 is 19.5 Å². The SMILES string of the molecule is CC(C)(CCNC(=O)Oc1ccc(F)cc1)CN(C[C@@H](O)[C@H](Cc1ccccc1)N(C(=O)O)[C@H]1CO[C@H]2OCC[C@H]21)S(=O)(=O)c1ccc2c(c1)OCO2. The van der Waals surface area contributed by atoms with Crippen molar-refractivity contribution in [3.63, 3.8) is 0 Å². The molecule has 0 aliphatic carbocycles. The Morgan fingerprint density at radius 2 is 1.77 bits per heavy atom. The lowest BCUT2D eigenvalue weighted by Gasteiger charge is -2.40. The number of amides is 2. The second kappa shape index (κ2) is 16.3. The molecule has 3 aromatic carbocycles. The third kappa shape index (κ3) is 9.19. The molecule has 2 amide bonds. The molecule has 6 rings (SSSR count). The van der Waals surface area contributed by atoms with Gasteiger partial charge in [-0.3, -0.25) is 4.90 Å². The van der Waals surface area contributed by atoms with E-state index in [1.807, 2.05) is 44.2 Å². The van der Waals surface area contributed by atoms with Gasteiger partial charge in [0.25, 0.3) is 0 Å². The molecule has 53 heavy (non-hydrogen) atoms. The van der Waals surface area contributed by atoms with E-state index in [2.05, 4.69) is 5.32 Å². The minimum Gasteiger partial charge on any atom is -0.465 e. The number of aliphatic hydroxyl groups excluding tert-OH is 1. The molecule has 0 bridgehead atoms. The van der Waals surface area contributed by atoms with Crippen molar-refractivity contribution in [1.82, 2.24) is 14.5 Å². The number of fused-ring (bicyclic) bond motifs is 2. The molecule has 2 fully saturated rings. The van der Waals surface area contributed by atoms with E-state index in [9.17, 15) is 32.6 Å². The van der Waals surface area contributed by atoms with Crippen LogP contribution in [0.2, 0.25) is 0 Å². The van der Waals surface area contributed by atoms with Gasteiger partial charge in [0.05, 0.1) is 36.3 Å². The summed E-state index contributed by atoms with van der Waals surface area (Å²) in [5.41, 5.74) is -0.0356. The van der Waals surface area contributed by atoms with Crippen LogP contribution >= 0.6 is 0 Å². The number of ether oxygens (including phenoxy) is 5. The van der Waals surface area contributed by atoms with E-state index in [1.165, 1.54) is 35.2 Å². The fourth-order valence-electron chi connectivity index (χ4n) is 7.00. The van der Waals surface area contributed by atoms with Gasteiger partial charge in [-0.2, -0.15) is 4.31 Å². The topological polar surface area (TPSA) is 173 Å². The molecule has 2 saturated heterocycles. The summed E-state index contributed by atoms with van der Waals surface area (Å²) >= 11 is 0. The fraction of sp³-hybridized carbons (Fsp3) is 0.459. The van der Waals surface area contributed by atoms with Gasteiger partial charge in [0, 0.05) is 31.6 Å². The highest BCUT2D eigenvalue weighted by atomic mass is 32.2. The molecule has 286 valence electrons. The van der Waals surface area contributed by atoms with Crippen LogP contribution in [0.1, 0.15) is 32.3 Å². The first-order valence-corrected chi connectivity index (χ1v) is 18.8. The van der Waals surface area contributed by atoms with Gasteiger partial charge in [-0.05, 0) is 66.6 Å². The highest BCUT2D eigenvalue weighted by Gasteiger charge is 2.49. The zero-order valence-corrected chi connectivity index (χ0v) is 30.2. The van der Waals surface area contributed by atoms with Gasteiger partial charge in [0.2, 0.25) is 16.8 Å². The summed E-state index contributed by atoms with van der Waals surface area (Å²) < 4.78 is 70.9. The summed E-state index contributed by atoms with van der Waals surface area (Å²) in [7, 11) is -4.34. The van der Waals surface area contributed by atoms with E-state index in [0.29, 0.717) is 18.8 Å². The first kappa shape index (κ1) is 38.3. The van der Waals surface area contributed by atoms with Gasteiger partial charge in [-0.1, -0.05) is 44.2 Å². The van der Waals surface area contributed by atoms with Crippen molar-refractivity contribution in [3.05, 3.63) is 84.2 Å². The van der Waals surface area contributed by atoms with E-state index in [4.69, 9.17) is 23.7 Å². The van der Waals surface area contributed by atoms with Crippen LogP contribution in [0.15, 0.2) is 77.7 Å². The fourth-order valence-corrected chi connectivity index (χ4v) is 8.67. The van der Waals surface area contributed by atoms with Crippen LogP contribution in [-0.2, 0) is 25.9 Å². The molecule has 0 saturated carbocycles. The zero-order chi connectivity index (χ0) is 37.8. The van der Waals surface area contributed by atoms with Crippen molar-refractivity contribution in [2.75, 3.05) is 39.6 Å². The maximum absolute atomic E-state index is 14.5. The minimum atomic E-state index is -4.34. The molecule has 0 spiro atoms. The van der Waals surface area contributed by atoms with E-state index in [0.717, 1.165) is 22.0 Å². The molecule has 3 aromatic rings. The maximum atomic E-state index is 14.5. The number of benzene rings is 3. The van der Waals surface area contributed by atoms with Crippen LogP contribution in [0.3, 0.4) is 0 Å². The van der Waals surface area contributed by atoms with E-state index >= 15 is 0 Å². The number of rotatable bonds is 15. The third-order valence-corrected chi connectivity index (χ3v) is 11.6. The van der Waals surface area contributed by atoms with Crippen molar-refractivity contribution in [1.29, 1.82) is 0 Å². The lowest BCUT2D eigenvalue weighted by atomic mass is 9.89. The molecule has 3 heterocycles. The van der Waals surface area contributed by atoms with Crippen molar-refractivity contribution in [3.8, 4) is 17.2 Å². The van der Waals surface area contributed by atoms with Gasteiger partial charge in [0.15, 0.2) is 17.8 Å². The number of carboxylic acid groups (broad SMARTS) is 1. The lowest BCUT2D eigenvalue weighted by Crippen LogP contribution is -2.58. The van der Waals surface area contributed by atoms with Crippen LogP contribution in [0.4, 0.5) is 14.0 Å². The van der Waals surface area contributed by atoms with Gasteiger partial charge in [0.1, 0.15) is 11.6 Å². The second-order valence-corrected chi connectivity index (χ2v) is 16.0. The molecule has 14 nitrogen and oxygen atoms in total. The maximum Gasteiger partial charge on any atom is 0.412 e. The molecule has 16 heteroatoms. The summed E-state index contributed by atoms with van der Waals surface area (Å²) in [6.45, 7) is 3.58. The second-order valence-electron chi connectivity index (χ2n) is 14.1. The number of hydrogen-bond donors (Lipinski definition) is 3. The molecular weight excluding hydrogens is 713 g/mol. The number of carbonyl (C=O) groups is 2. The van der Waals surface area contributed by atoms with Crippen LogP contribution in [0.25, 0.3) is 0 Å². The zero-order valence-electron chi connectivity index (χ0n) is 29.4. The Morgan fingerprint density at radius 1 is 1.04 bits per heavy atom. The monoisotopic (exact) mass is 757 g/mol. The first-order chi connectivity index (χ1) is 25.3. The number of aliphatic hydroxyl groups is 1. The summed E-state index contributed by atoms with van der Waals surface area (Å²) in [5, 5.41) is 25.4. The van der Waals surface area contributed by atoms with Crippen LogP contribution in [0.5, 0.6) is 17.2 Å². The average molecular weight is 758 g/mol. The lowest BCUT2D eigenvalue weighted by molar-refractivity contribution is -0.0906. The summed E-state index contributed by atoms with van der Waals surface area (Å²) in [5.74, 6) is 0.0762. The smallest absolute Gasteiger partial charge is 0.412 e. The Hall–Kier alpha value is -4.48. The Morgan fingerprint density at radius 3 is 2.51 bits per heavy atom. The number of nitrogens with zero attached hydrogens (tertiary/aromatic N) is 2. The third-order valence-electron chi connectivity index (χ3n) is 9.75. The predicted octanol–water partition coefficient (Wildman–Crippen LogP) is 4.46. The first-order valence-electron chi connectivity index (χ1n) is 17.4. The molecule has 3 N–H and O–H groups in total. The Labute approximate surface area is 307 Å². The van der Waals surface area contributed by atoms with Crippen molar-refractivity contribution in [2.24, 2.45) is 11.3 Å². The van der Waals surface area contributed by atoms with E-state index in [-0.39, 0.29) is 61.6 Å². The van der Waals surface area contributed by atoms with Crippen LogP contribution in [0, 0.1) is 17.2 Å². The number of nitrogens with one attached hydrogen (secondary N) is 1. The molecule has 3 aliphatic rings. The summed E-state index contributed by atoms with van der Waals surface area (Å²) in [4.78, 5) is 26.6. The molecule has 5 atom stereocenters. The molecule has 0 unspecified atom stereocenters. The molecule has 3 aliphatic heterocycles. The minimum absolute atomic E-state index is 0.0607. The highest BCUT2D eigenvalue weighted by molar-refractivity contribution is 7.89. The number of carbonyl (C=O) groups excluding carboxylic acids is 1. The van der Waals surface area contributed by atoms with Crippen molar-refractivity contribution < 1.29 is 56.3 Å². The largest absolute Gasteiger partial charge is 0.465 e. The predicted molar refractivity (Wildman–Crippen MR) is 188 cm³/mol. The summed E-state index contributed by atoms with van der Waals surface area (Å²) in [6.07, 6.45) is -3.11. The molecule has 0 aromatic heterocycles. The van der Waals surface area contributed by atoms with E-state index < -0.39 is 64.5 Å². The van der Waals surface area contributed by atoms with Crippen molar-refractivity contribution in [2.45, 2.75) is 62.5 Å². The standard InChI is InChI=1S/C37H44FN3O11S/c1-37(2,15-16-39-35(43)52-26-10-8-25(38)9-11-26)22-40(53(46,47)27-12-13-32-33(19-27)51-23-50-32)20-31(42)29(18-24-6-4-3-5-7-24)41(36(44)45)30-21-49-34-28(30)14-17-48-34/h3-13,19,28-31,34,42H,14-18,20-23H2,1-2H3,(H,39,43)(H,44,45)/t28-,29-,30-,31+,34+/m0/s1. The van der Waals surface area contributed by atoms with Gasteiger partial charge < -0.3 is 39.2 Å². The number of halogens is 1. The molecule has 0 radical (unpaired) electrons.